The summed E-state index contributed by atoms with van der Waals surface area (Å²) in [5, 5.41) is 10.1. The molecule has 0 fully saturated rings. The smallest absolute Gasteiger partial charge is 0.247 e. The summed E-state index contributed by atoms with van der Waals surface area (Å²) in [5.41, 5.74) is 6.93. The van der Waals surface area contributed by atoms with Gasteiger partial charge in [0.25, 0.3) is 0 Å². The Bertz CT molecular complexity index is 1200. The number of aromatic amines is 1. The van der Waals surface area contributed by atoms with E-state index in [1.54, 1.807) is 12.4 Å². The first-order valence-corrected chi connectivity index (χ1v) is 13.3. The van der Waals surface area contributed by atoms with Gasteiger partial charge in [0, 0.05) is 18.0 Å². The first kappa shape index (κ1) is 23.4. The van der Waals surface area contributed by atoms with E-state index >= 15 is 0 Å². The second kappa shape index (κ2) is 10.0. The highest BCUT2D eigenvalue weighted by Crippen LogP contribution is 2.40. The average Bonchev–Trinajstić information content (AvgIpc) is 3.50. The van der Waals surface area contributed by atoms with Crippen LogP contribution in [0.3, 0.4) is 0 Å². The van der Waals surface area contributed by atoms with Crippen molar-refractivity contribution < 1.29 is 8.42 Å². The zero-order valence-corrected chi connectivity index (χ0v) is 20.4. The molecule has 1 aliphatic carbocycles. The molecule has 1 aliphatic rings. The van der Waals surface area contributed by atoms with Crippen LogP contribution in [0.1, 0.15) is 43.4 Å². The van der Waals surface area contributed by atoms with E-state index in [-0.39, 0.29) is 16.9 Å². The molecule has 176 valence electrons. The van der Waals surface area contributed by atoms with Gasteiger partial charge in [-0.2, -0.15) is 4.98 Å². The van der Waals surface area contributed by atoms with Crippen LogP contribution in [0.25, 0.3) is 11.1 Å². The molecular weight excluding hydrogens is 436 g/mol. The van der Waals surface area contributed by atoms with Gasteiger partial charge in [0.05, 0.1) is 11.4 Å². The molecule has 0 saturated carbocycles. The predicted molar refractivity (Wildman–Crippen MR) is 131 cm³/mol. The molecule has 0 aliphatic heterocycles. The number of hydrogen-bond acceptors (Lipinski definition) is 7. The molecule has 0 radical (unpaired) electrons. The van der Waals surface area contributed by atoms with Crippen LogP contribution in [0.2, 0.25) is 0 Å². The molecule has 9 heteroatoms. The number of anilines is 2. The maximum absolute atomic E-state index is 12.8. The summed E-state index contributed by atoms with van der Waals surface area (Å²) in [6.45, 7) is 8.87. The molecule has 2 aromatic heterocycles. The minimum absolute atomic E-state index is 0.0420. The highest BCUT2D eigenvalue weighted by Gasteiger charge is 2.24. The molecule has 0 spiro atoms. The predicted octanol–water partition coefficient (Wildman–Crippen LogP) is 3.91. The van der Waals surface area contributed by atoms with Crippen molar-refractivity contribution >= 4 is 21.5 Å². The lowest BCUT2D eigenvalue weighted by molar-refractivity contribution is 0.305. The zero-order valence-electron chi connectivity index (χ0n) is 19.6. The fourth-order valence-electron chi connectivity index (χ4n) is 4.56. The van der Waals surface area contributed by atoms with Gasteiger partial charge in [-0.3, -0.25) is 4.98 Å². The zero-order chi connectivity index (χ0) is 23.4. The molecule has 0 saturated heterocycles. The van der Waals surface area contributed by atoms with Crippen LogP contribution >= 0.6 is 0 Å². The lowest BCUT2D eigenvalue weighted by Crippen LogP contribution is -2.25. The fraction of sp³-hybridized carbons (Fsp3) is 0.458. The number of pyridine rings is 1. The van der Waals surface area contributed by atoms with Crippen molar-refractivity contribution in [2.45, 2.75) is 51.6 Å². The van der Waals surface area contributed by atoms with Crippen molar-refractivity contribution in [1.82, 2.24) is 25.1 Å². The summed E-state index contributed by atoms with van der Waals surface area (Å²) in [6, 6.07) is 6.13. The number of nitrogens with one attached hydrogen (secondary N) is 2. The number of H-pyrrole nitrogens is 1. The number of aromatic nitrogens is 4. The van der Waals surface area contributed by atoms with E-state index < -0.39 is 9.84 Å². The van der Waals surface area contributed by atoms with E-state index in [4.69, 9.17) is 0 Å². The Morgan fingerprint density at radius 3 is 2.58 bits per heavy atom. The number of sulfone groups is 1. The SMILES string of the molecule is CCN(CC)CCCS(=O)(=O)c1nc(Nc2c(-c3ccncc3)cc(C)c3c2CCC3)n[nH]1. The van der Waals surface area contributed by atoms with Gasteiger partial charge in [-0.1, -0.05) is 13.8 Å². The lowest BCUT2D eigenvalue weighted by Gasteiger charge is -2.17. The topological polar surface area (TPSA) is 104 Å². The summed E-state index contributed by atoms with van der Waals surface area (Å²) < 4.78 is 25.6. The van der Waals surface area contributed by atoms with Crippen LogP contribution in [-0.4, -0.2) is 58.9 Å². The van der Waals surface area contributed by atoms with Crippen molar-refractivity contribution in [3.63, 3.8) is 0 Å². The second-order valence-corrected chi connectivity index (χ2v) is 10.5. The van der Waals surface area contributed by atoms with Crippen LogP contribution in [0.15, 0.2) is 35.7 Å². The Morgan fingerprint density at radius 2 is 1.85 bits per heavy atom. The third-order valence-electron chi connectivity index (χ3n) is 6.40. The third-order valence-corrected chi connectivity index (χ3v) is 7.99. The van der Waals surface area contributed by atoms with E-state index in [9.17, 15) is 8.42 Å². The first-order valence-electron chi connectivity index (χ1n) is 11.6. The van der Waals surface area contributed by atoms with Crippen molar-refractivity contribution in [1.29, 1.82) is 0 Å². The van der Waals surface area contributed by atoms with Crippen molar-refractivity contribution in [3.8, 4) is 11.1 Å². The number of fused-ring (bicyclic) bond motifs is 1. The number of rotatable bonds is 10. The Kier molecular flexibility index (Phi) is 7.09. The number of aryl methyl sites for hydroxylation is 1. The number of nitrogens with zero attached hydrogens (tertiary/aromatic N) is 4. The third kappa shape index (κ3) is 5.09. The summed E-state index contributed by atoms with van der Waals surface area (Å²) in [5.74, 6) is 0.311. The molecular formula is C24H32N6O2S. The largest absolute Gasteiger partial charge is 0.322 e. The molecule has 8 nitrogen and oxygen atoms in total. The summed E-state index contributed by atoms with van der Waals surface area (Å²) >= 11 is 0. The van der Waals surface area contributed by atoms with Gasteiger partial charge in [0.15, 0.2) is 0 Å². The van der Waals surface area contributed by atoms with Gasteiger partial charge in [0.1, 0.15) is 0 Å². The maximum Gasteiger partial charge on any atom is 0.247 e. The maximum atomic E-state index is 12.8. The molecule has 2 N–H and O–H groups in total. The van der Waals surface area contributed by atoms with Crippen LogP contribution in [-0.2, 0) is 22.7 Å². The molecule has 3 aromatic rings. The molecule has 2 heterocycles. The highest BCUT2D eigenvalue weighted by atomic mass is 32.2. The Morgan fingerprint density at radius 1 is 1.12 bits per heavy atom. The monoisotopic (exact) mass is 468 g/mol. The normalized spacial score (nSPS) is 13.5. The van der Waals surface area contributed by atoms with E-state index in [0.717, 1.165) is 55.7 Å². The molecule has 0 atom stereocenters. The van der Waals surface area contributed by atoms with Gasteiger partial charge in [0.2, 0.25) is 20.9 Å². The molecule has 0 bridgehead atoms. The van der Waals surface area contributed by atoms with Crippen molar-refractivity contribution in [3.05, 3.63) is 47.3 Å². The standard InChI is InChI=1S/C24H32N6O2S/c1-4-30(5-2)14-7-15-33(31,32)24-27-23(28-29-24)26-22-20-9-6-8-19(20)17(3)16-21(22)18-10-12-25-13-11-18/h10-13,16H,4-9,14-15H2,1-3H3,(H2,26,27,28,29). The van der Waals surface area contributed by atoms with E-state index in [1.165, 1.54) is 16.7 Å². The average molecular weight is 469 g/mol. The Labute approximate surface area is 195 Å². The minimum atomic E-state index is -3.53. The molecule has 33 heavy (non-hydrogen) atoms. The van der Waals surface area contributed by atoms with Crippen LogP contribution in [0.5, 0.6) is 0 Å². The van der Waals surface area contributed by atoms with Crippen LogP contribution < -0.4 is 5.32 Å². The fourth-order valence-corrected chi connectivity index (χ4v) is 5.68. The quantitative estimate of drug-likeness (QED) is 0.465. The summed E-state index contributed by atoms with van der Waals surface area (Å²) in [6.07, 6.45) is 7.23. The van der Waals surface area contributed by atoms with E-state index in [1.807, 2.05) is 12.1 Å². The van der Waals surface area contributed by atoms with Gasteiger partial charge >= 0.3 is 0 Å². The van der Waals surface area contributed by atoms with Crippen LogP contribution in [0, 0.1) is 6.92 Å². The van der Waals surface area contributed by atoms with Crippen molar-refractivity contribution in [2.75, 3.05) is 30.7 Å². The van der Waals surface area contributed by atoms with Gasteiger partial charge in [-0.05, 0) is 92.7 Å². The minimum Gasteiger partial charge on any atom is -0.322 e. The number of hydrogen-bond donors (Lipinski definition) is 2. The second-order valence-electron chi connectivity index (χ2n) is 8.45. The number of benzene rings is 1. The molecule has 0 unspecified atom stereocenters. The molecule has 1 aromatic carbocycles. The van der Waals surface area contributed by atoms with E-state index in [0.29, 0.717) is 6.42 Å². The summed E-state index contributed by atoms with van der Waals surface area (Å²) in [7, 11) is -3.53. The Hall–Kier alpha value is -2.78. The highest BCUT2D eigenvalue weighted by molar-refractivity contribution is 7.91. The van der Waals surface area contributed by atoms with Gasteiger partial charge < -0.3 is 10.2 Å². The van der Waals surface area contributed by atoms with E-state index in [2.05, 4.69) is 57.2 Å². The van der Waals surface area contributed by atoms with Crippen molar-refractivity contribution in [2.24, 2.45) is 0 Å². The van der Waals surface area contributed by atoms with Gasteiger partial charge in [-0.15, -0.1) is 5.10 Å². The lowest BCUT2D eigenvalue weighted by atomic mass is 9.94. The first-order chi connectivity index (χ1) is 15.9. The molecule has 4 rings (SSSR count). The summed E-state index contributed by atoms with van der Waals surface area (Å²) in [4.78, 5) is 10.7. The Balaban J connectivity index is 1.59. The van der Waals surface area contributed by atoms with Gasteiger partial charge in [-0.25, -0.2) is 13.5 Å². The van der Waals surface area contributed by atoms with Crippen LogP contribution in [0.4, 0.5) is 11.6 Å². The molecule has 0 amide bonds.